The summed E-state index contributed by atoms with van der Waals surface area (Å²) in [6, 6.07) is 5.05. The molecule has 1 heterocycles. The van der Waals surface area contributed by atoms with Gasteiger partial charge in [-0.1, -0.05) is 0 Å². The molecule has 1 atom stereocenters. The number of carboxylic acid groups (broad SMARTS) is 1. The van der Waals surface area contributed by atoms with Crippen LogP contribution >= 0.6 is 11.3 Å². The maximum Gasteiger partial charge on any atom is 0.325 e. The Morgan fingerprint density at radius 2 is 2.40 bits per heavy atom. The van der Waals surface area contributed by atoms with Crippen LogP contribution in [0.2, 0.25) is 0 Å². The number of benzene rings is 1. The molecule has 78 valence electrons. The number of aliphatic carboxylic acids is 1. The SMILES string of the molecule is C[C@H](Nc1ccc2scnc2c1)C(=O)O. The Hall–Kier alpha value is -1.62. The lowest BCUT2D eigenvalue weighted by atomic mass is 10.2. The predicted molar refractivity (Wildman–Crippen MR) is 60.3 cm³/mol. The number of nitrogens with one attached hydrogen (secondary N) is 1. The molecule has 0 saturated carbocycles. The van der Waals surface area contributed by atoms with Gasteiger partial charge in [-0.2, -0.15) is 0 Å². The summed E-state index contributed by atoms with van der Waals surface area (Å²) < 4.78 is 1.10. The molecule has 2 N–H and O–H groups in total. The highest BCUT2D eigenvalue weighted by Gasteiger charge is 2.10. The molecule has 0 fully saturated rings. The van der Waals surface area contributed by atoms with Crippen LogP contribution in [0.1, 0.15) is 6.92 Å². The van der Waals surface area contributed by atoms with Gasteiger partial charge in [-0.15, -0.1) is 11.3 Å². The molecular weight excluding hydrogens is 212 g/mol. The molecule has 5 heteroatoms. The monoisotopic (exact) mass is 222 g/mol. The normalized spacial score (nSPS) is 12.6. The molecule has 0 radical (unpaired) electrons. The third-order valence-corrected chi connectivity index (χ3v) is 2.89. The number of hydrogen-bond acceptors (Lipinski definition) is 4. The fourth-order valence-electron chi connectivity index (χ4n) is 1.26. The molecule has 2 rings (SSSR count). The zero-order valence-electron chi connectivity index (χ0n) is 8.10. The van der Waals surface area contributed by atoms with E-state index in [0.717, 1.165) is 15.9 Å². The molecule has 1 aromatic heterocycles. The second-order valence-corrected chi connectivity index (χ2v) is 4.13. The van der Waals surface area contributed by atoms with Gasteiger partial charge >= 0.3 is 5.97 Å². The lowest BCUT2D eigenvalue weighted by Crippen LogP contribution is -2.25. The van der Waals surface area contributed by atoms with Crippen molar-refractivity contribution < 1.29 is 9.90 Å². The van der Waals surface area contributed by atoms with Crippen LogP contribution in [0.15, 0.2) is 23.7 Å². The molecule has 0 spiro atoms. The summed E-state index contributed by atoms with van der Waals surface area (Å²) in [5.74, 6) is -0.867. The average Bonchev–Trinajstić information content (AvgIpc) is 2.64. The van der Waals surface area contributed by atoms with Gasteiger partial charge in [-0.05, 0) is 25.1 Å². The molecule has 4 nitrogen and oxygen atoms in total. The highest BCUT2D eigenvalue weighted by molar-refractivity contribution is 7.16. The van der Waals surface area contributed by atoms with Crippen molar-refractivity contribution in [1.29, 1.82) is 0 Å². The number of aromatic nitrogens is 1. The minimum Gasteiger partial charge on any atom is -0.480 e. The van der Waals surface area contributed by atoms with Gasteiger partial charge < -0.3 is 10.4 Å². The summed E-state index contributed by atoms with van der Waals surface area (Å²) >= 11 is 1.57. The number of carbonyl (C=O) groups is 1. The topological polar surface area (TPSA) is 62.2 Å². The standard InChI is InChI=1S/C10H10N2O2S/c1-6(10(13)14)12-7-2-3-9-8(4-7)11-5-15-9/h2-6,12H,1H3,(H,13,14)/t6-/m0/s1. The number of nitrogens with zero attached hydrogens (tertiary/aromatic N) is 1. The van der Waals surface area contributed by atoms with E-state index in [4.69, 9.17) is 5.11 Å². The number of fused-ring (bicyclic) bond motifs is 1. The maximum absolute atomic E-state index is 10.6. The van der Waals surface area contributed by atoms with Crippen LogP contribution in [-0.2, 0) is 4.79 Å². The molecule has 1 aromatic carbocycles. The van der Waals surface area contributed by atoms with Crippen molar-refractivity contribution in [2.45, 2.75) is 13.0 Å². The third-order valence-electron chi connectivity index (χ3n) is 2.08. The maximum atomic E-state index is 10.6. The van der Waals surface area contributed by atoms with Crippen molar-refractivity contribution in [2.24, 2.45) is 0 Å². The van der Waals surface area contributed by atoms with Gasteiger partial charge in [-0.3, -0.25) is 4.79 Å². The summed E-state index contributed by atoms with van der Waals surface area (Å²) in [5.41, 5.74) is 3.45. The average molecular weight is 222 g/mol. The first-order chi connectivity index (χ1) is 7.16. The van der Waals surface area contributed by atoms with E-state index < -0.39 is 12.0 Å². The fraction of sp³-hybridized carbons (Fsp3) is 0.200. The van der Waals surface area contributed by atoms with Gasteiger partial charge in [0.05, 0.1) is 15.7 Å². The molecular formula is C10H10N2O2S. The van der Waals surface area contributed by atoms with Crippen molar-refractivity contribution in [3.8, 4) is 0 Å². The summed E-state index contributed by atoms with van der Waals surface area (Å²) in [5, 5.41) is 11.6. The number of thiazole rings is 1. The summed E-state index contributed by atoms with van der Waals surface area (Å²) in [7, 11) is 0. The van der Waals surface area contributed by atoms with Gasteiger partial charge in [0.2, 0.25) is 0 Å². The molecule has 0 bridgehead atoms. The highest BCUT2D eigenvalue weighted by Crippen LogP contribution is 2.21. The van der Waals surface area contributed by atoms with E-state index >= 15 is 0 Å². The van der Waals surface area contributed by atoms with Gasteiger partial charge in [0, 0.05) is 5.69 Å². The van der Waals surface area contributed by atoms with Gasteiger partial charge in [0.25, 0.3) is 0 Å². The van der Waals surface area contributed by atoms with Crippen molar-refractivity contribution in [3.05, 3.63) is 23.7 Å². The van der Waals surface area contributed by atoms with E-state index in [1.165, 1.54) is 0 Å². The zero-order valence-corrected chi connectivity index (χ0v) is 8.91. The van der Waals surface area contributed by atoms with Gasteiger partial charge in [-0.25, -0.2) is 4.98 Å². The second kappa shape index (κ2) is 3.86. The number of hydrogen-bond donors (Lipinski definition) is 2. The molecule has 0 aliphatic rings. The Morgan fingerprint density at radius 3 is 3.13 bits per heavy atom. The number of carboxylic acids is 1. The van der Waals surface area contributed by atoms with Crippen molar-refractivity contribution >= 4 is 33.2 Å². The largest absolute Gasteiger partial charge is 0.480 e. The minimum absolute atomic E-state index is 0.596. The van der Waals surface area contributed by atoms with Crippen LogP contribution in [-0.4, -0.2) is 22.1 Å². The first-order valence-corrected chi connectivity index (χ1v) is 5.37. The second-order valence-electron chi connectivity index (χ2n) is 3.24. The Bertz CT molecular complexity index is 495. The van der Waals surface area contributed by atoms with E-state index in [9.17, 15) is 4.79 Å². The summed E-state index contributed by atoms with van der Waals surface area (Å²) in [6.07, 6.45) is 0. The molecule has 0 saturated heterocycles. The van der Waals surface area contributed by atoms with E-state index in [0.29, 0.717) is 0 Å². The molecule has 15 heavy (non-hydrogen) atoms. The van der Waals surface area contributed by atoms with E-state index in [1.807, 2.05) is 18.2 Å². The van der Waals surface area contributed by atoms with Crippen molar-refractivity contribution in [1.82, 2.24) is 4.98 Å². The Labute approximate surface area is 90.6 Å². The molecule has 2 aromatic rings. The third kappa shape index (κ3) is 2.07. The number of anilines is 1. The van der Waals surface area contributed by atoms with E-state index in [2.05, 4.69) is 10.3 Å². The van der Waals surface area contributed by atoms with Crippen LogP contribution in [0.25, 0.3) is 10.2 Å². The zero-order chi connectivity index (χ0) is 10.8. The summed E-state index contributed by atoms with van der Waals surface area (Å²) in [6.45, 7) is 1.60. The Morgan fingerprint density at radius 1 is 1.60 bits per heavy atom. The first-order valence-electron chi connectivity index (χ1n) is 4.49. The van der Waals surface area contributed by atoms with Crippen LogP contribution in [0.5, 0.6) is 0 Å². The van der Waals surface area contributed by atoms with Crippen LogP contribution < -0.4 is 5.32 Å². The van der Waals surface area contributed by atoms with Crippen LogP contribution in [0, 0.1) is 0 Å². The molecule has 0 aliphatic heterocycles. The van der Waals surface area contributed by atoms with Crippen LogP contribution in [0.4, 0.5) is 5.69 Å². The van der Waals surface area contributed by atoms with Crippen molar-refractivity contribution in [2.75, 3.05) is 5.32 Å². The lowest BCUT2D eigenvalue weighted by molar-refractivity contribution is -0.137. The predicted octanol–water partition coefficient (Wildman–Crippen LogP) is 2.18. The Kier molecular flexibility index (Phi) is 2.55. The quantitative estimate of drug-likeness (QED) is 0.835. The molecule has 0 unspecified atom stereocenters. The smallest absolute Gasteiger partial charge is 0.325 e. The molecule has 0 amide bonds. The summed E-state index contributed by atoms with van der Waals surface area (Å²) in [4.78, 5) is 14.8. The van der Waals surface area contributed by atoms with Gasteiger partial charge in [0.15, 0.2) is 0 Å². The highest BCUT2D eigenvalue weighted by atomic mass is 32.1. The minimum atomic E-state index is -0.867. The van der Waals surface area contributed by atoms with E-state index in [1.54, 1.807) is 23.8 Å². The van der Waals surface area contributed by atoms with Gasteiger partial charge in [0.1, 0.15) is 6.04 Å². The van der Waals surface area contributed by atoms with E-state index in [-0.39, 0.29) is 0 Å². The first kappa shape index (κ1) is 9.92. The number of rotatable bonds is 3. The van der Waals surface area contributed by atoms with Crippen molar-refractivity contribution in [3.63, 3.8) is 0 Å². The fourth-order valence-corrected chi connectivity index (χ4v) is 1.92. The van der Waals surface area contributed by atoms with Crippen LogP contribution in [0.3, 0.4) is 0 Å². The molecule has 0 aliphatic carbocycles. The Balaban J connectivity index is 2.24. The lowest BCUT2D eigenvalue weighted by Gasteiger charge is -2.10.